The van der Waals surface area contributed by atoms with Crippen LogP contribution in [0.4, 0.5) is 9.18 Å². The number of benzene rings is 2. The molecule has 4 nitrogen and oxygen atoms in total. The minimum Gasteiger partial charge on any atom is -0.485 e. The van der Waals surface area contributed by atoms with Crippen LogP contribution in [0.1, 0.15) is 68.7 Å². The van der Waals surface area contributed by atoms with Crippen molar-refractivity contribution >= 4 is 17.7 Å². The first-order chi connectivity index (χ1) is 14.7. The minimum atomic E-state index is -0.494. The Morgan fingerprint density at radius 2 is 1.87 bits per heavy atom. The Labute approximate surface area is 188 Å². The second kappa shape index (κ2) is 8.70. The highest BCUT2D eigenvalue weighted by atomic mass is 35.5. The summed E-state index contributed by atoms with van der Waals surface area (Å²) in [6.07, 6.45) is 2.68. The van der Waals surface area contributed by atoms with Crippen LogP contribution in [0.25, 0.3) is 0 Å². The number of carbonyl (C=O) groups excluding carboxylic acids is 1. The van der Waals surface area contributed by atoms with Crippen LogP contribution in [-0.4, -0.2) is 29.7 Å². The number of nitrogens with zero attached hydrogens (tertiary/aromatic N) is 1. The van der Waals surface area contributed by atoms with Crippen molar-refractivity contribution in [1.29, 1.82) is 0 Å². The number of amides is 1. The van der Waals surface area contributed by atoms with Crippen LogP contribution in [0, 0.1) is 5.82 Å². The molecule has 31 heavy (non-hydrogen) atoms. The summed E-state index contributed by atoms with van der Waals surface area (Å²) in [5.74, 6) is 0.843. The summed E-state index contributed by atoms with van der Waals surface area (Å²) >= 11 is 5.92. The third-order valence-corrected chi connectivity index (χ3v) is 6.19. The normalized spacial score (nSPS) is 19.5. The molecule has 2 heterocycles. The van der Waals surface area contributed by atoms with Gasteiger partial charge in [0.15, 0.2) is 0 Å². The third kappa shape index (κ3) is 4.98. The van der Waals surface area contributed by atoms with Crippen LogP contribution in [0.5, 0.6) is 5.75 Å². The Morgan fingerprint density at radius 3 is 2.55 bits per heavy atom. The molecule has 1 unspecified atom stereocenters. The van der Waals surface area contributed by atoms with Crippen molar-refractivity contribution in [2.24, 2.45) is 0 Å². The van der Waals surface area contributed by atoms with Gasteiger partial charge in [-0.3, -0.25) is 0 Å². The zero-order valence-electron chi connectivity index (χ0n) is 18.3. The number of piperidine rings is 1. The van der Waals surface area contributed by atoms with Gasteiger partial charge in [0.05, 0.1) is 0 Å². The lowest BCUT2D eigenvalue weighted by atomic mass is 9.86. The van der Waals surface area contributed by atoms with E-state index in [0.717, 1.165) is 42.6 Å². The van der Waals surface area contributed by atoms with Gasteiger partial charge in [0.25, 0.3) is 0 Å². The number of halogens is 2. The van der Waals surface area contributed by atoms with Crippen LogP contribution in [-0.2, 0) is 11.2 Å². The third-order valence-electron chi connectivity index (χ3n) is 5.96. The average Bonchev–Trinajstić information content (AvgIpc) is 2.72. The Morgan fingerprint density at radius 1 is 1.13 bits per heavy atom. The lowest BCUT2D eigenvalue weighted by Crippen LogP contribution is -2.41. The van der Waals surface area contributed by atoms with Crippen molar-refractivity contribution in [3.8, 4) is 5.75 Å². The summed E-state index contributed by atoms with van der Waals surface area (Å²) in [6.45, 7) is 6.94. The molecular weight excluding hydrogens is 417 g/mol. The van der Waals surface area contributed by atoms with Crippen molar-refractivity contribution in [1.82, 2.24) is 4.90 Å². The van der Waals surface area contributed by atoms with Gasteiger partial charge in [-0.25, -0.2) is 9.18 Å². The monoisotopic (exact) mass is 445 g/mol. The summed E-state index contributed by atoms with van der Waals surface area (Å²) in [4.78, 5) is 14.2. The molecule has 6 heteroatoms. The maximum absolute atomic E-state index is 14.5. The molecule has 0 spiro atoms. The molecule has 4 rings (SSSR count). The number of likely N-dealkylation sites (tertiary alicyclic amines) is 1. The minimum absolute atomic E-state index is 0.254. The molecule has 2 aromatic carbocycles. The van der Waals surface area contributed by atoms with Crippen LogP contribution >= 0.6 is 11.6 Å². The lowest BCUT2D eigenvalue weighted by molar-refractivity contribution is 0.0204. The van der Waals surface area contributed by atoms with E-state index in [1.165, 1.54) is 6.07 Å². The van der Waals surface area contributed by atoms with E-state index in [2.05, 4.69) is 18.2 Å². The second-order valence-corrected chi connectivity index (χ2v) is 9.82. The van der Waals surface area contributed by atoms with Gasteiger partial charge in [0.1, 0.15) is 23.3 Å². The number of para-hydroxylation sites is 1. The number of hydrogen-bond acceptors (Lipinski definition) is 3. The number of ether oxygens (including phenoxy) is 2. The summed E-state index contributed by atoms with van der Waals surface area (Å²) in [6, 6.07) is 11.0. The molecule has 0 bridgehead atoms. The number of rotatable bonds is 2. The van der Waals surface area contributed by atoms with Crippen molar-refractivity contribution in [3.05, 3.63) is 63.9 Å². The fourth-order valence-electron chi connectivity index (χ4n) is 4.44. The lowest BCUT2D eigenvalue weighted by Gasteiger charge is -2.35. The SMILES string of the molecule is CC(C)(C)OC(=O)N1CCC(c2cccc3c2OC(c2ccc(Cl)cc2F)CC3)CC1. The molecule has 0 aromatic heterocycles. The summed E-state index contributed by atoms with van der Waals surface area (Å²) in [5.41, 5.74) is 2.37. The highest BCUT2D eigenvalue weighted by Gasteiger charge is 2.31. The van der Waals surface area contributed by atoms with Gasteiger partial charge < -0.3 is 14.4 Å². The average molecular weight is 446 g/mol. The fourth-order valence-corrected chi connectivity index (χ4v) is 4.59. The molecule has 0 N–H and O–H groups in total. The van der Waals surface area contributed by atoms with E-state index in [1.807, 2.05) is 20.8 Å². The first kappa shape index (κ1) is 21.9. The van der Waals surface area contributed by atoms with Gasteiger partial charge in [-0.05, 0) is 75.6 Å². The van der Waals surface area contributed by atoms with E-state index in [9.17, 15) is 9.18 Å². The van der Waals surface area contributed by atoms with Gasteiger partial charge in [-0.2, -0.15) is 0 Å². The van der Waals surface area contributed by atoms with Crippen LogP contribution in [0.2, 0.25) is 5.02 Å². The van der Waals surface area contributed by atoms with E-state index in [-0.39, 0.29) is 18.0 Å². The predicted molar refractivity (Wildman–Crippen MR) is 119 cm³/mol. The first-order valence-corrected chi connectivity index (χ1v) is 11.3. The molecule has 0 saturated carbocycles. The van der Waals surface area contributed by atoms with Crippen LogP contribution in [0.3, 0.4) is 0 Å². The molecule has 1 atom stereocenters. The van der Waals surface area contributed by atoms with Gasteiger partial charge in [0.2, 0.25) is 0 Å². The zero-order valence-corrected chi connectivity index (χ0v) is 19.0. The van der Waals surface area contributed by atoms with Gasteiger partial charge in [-0.1, -0.05) is 35.9 Å². The standard InChI is InChI=1S/C25H29ClFNO3/c1-25(2,3)31-24(29)28-13-11-16(12-14-28)19-6-4-5-17-7-10-22(30-23(17)19)20-9-8-18(26)15-21(20)27/h4-6,8-9,15-16,22H,7,10-14H2,1-3H3. The number of hydrogen-bond donors (Lipinski definition) is 0. The molecule has 0 aliphatic carbocycles. The van der Waals surface area contributed by atoms with Gasteiger partial charge >= 0.3 is 6.09 Å². The smallest absolute Gasteiger partial charge is 0.410 e. The molecule has 1 amide bonds. The highest BCUT2D eigenvalue weighted by Crippen LogP contribution is 2.43. The first-order valence-electron chi connectivity index (χ1n) is 10.9. The number of fused-ring (bicyclic) bond motifs is 1. The Bertz CT molecular complexity index is 964. The summed E-state index contributed by atoms with van der Waals surface area (Å²) in [7, 11) is 0. The molecule has 2 aliphatic heterocycles. The summed E-state index contributed by atoms with van der Waals surface area (Å²) < 4.78 is 26.4. The van der Waals surface area contributed by atoms with Crippen molar-refractivity contribution in [3.63, 3.8) is 0 Å². The maximum Gasteiger partial charge on any atom is 0.410 e. The van der Waals surface area contributed by atoms with Crippen LogP contribution < -0.4 is 4.74 Å². The predicted octanol–water partition coefficient (Wildman–Crippen LogP) is 6.66. The van der Waals surface area contributed by atoms with Crippen LogP contribution in [0.15, 0.2) is 36.4 Å². The highest BCUT2D eigenvalue weighted by molar-refractivity contribution is 6.30. The molecule has 1 fully saturated rings. The maximum atomic E-state index is 14.5. The number of aryl methyl sites for hydroxylation is 1. The van der Waals surface area contributed by atoms with Gasteiger partial charge in [-0.15, -0.1) is 0 Å². The van der Waals surface area contributed by atoms with E-state index in [4.69, 9.17) is 21.1 Å². The second-order valence-electron chi connectivity index (χ2n) is 9.39. The van der Waals surface area contributed by atoms with E-state index < -0.39 is 5.60 Å². The fraction of sp³-hybridized carbons (Fsp3) is 0.480. The Hall–Kier alpha value is -2.27. The van der Waals surface area contributed by atoms with E-state index >= 15 is 0 Å². The van der Waals surface area contributed by atoms with E-state index in [1.54, 1.807) is 17.0 Å². The Balaban J connectivity index is 1.49. The zero-order chi connectivity index (χ0) is 22.2. The van der Waals surface area contributed by atoms with Crippen molar-refractivity contribution < 1.29 is 18.7 Å². The van der Waals surface area contributed by atoms with Gasteiger partial charge in [0, 0.05) is 23.7 Å². The van der Waals surface area contributed by atoms with E-state index in [0.29, 0.717) is 29.6 Å². The van der Waals surface area contributed by atoms with Crippen molar-refractivity contribution in [2.45, 2.75) is 64.1 Å². The summed E-state index contributed by atoms with van der Waals surface area (Å²) in [5, 5.41) is 0.384. The quantitative estimate of drug-likeness (QED) is 0.518. The molecule has 2 aromatic rings. The molecule has 1 saturated heterocycles. The molecule has 2 aliphatic rings. The number of carbonyl (C=O) groups is 1. The molecule has 0 radical (unpaired) electrons. The largest absolute Gasteiger partial charge is 0.485 e. The molecular formula is C25H29ClFNO3. The van der Waals surface area contributed by atoms with Crippen molar-refractivity contribution in [2.75, 3.05) is 13.1 Å². The Kier molecular flexibility index (Phi) is 6.16. The topological polar surface area (TPSA) is 38.8 Å². The molecule has 166 valence electrons.